The largest absolute Gasteiger partial charge is 0.493 e. The summed E-state index contributed by atoms with van der Waals surface area (Å²) in [6, 6.07) is 3.04. The highest BCUT2D eigenvalue weighted by molar-refractivity contribution is 7.07. The average Bonchev–Trinajstić information content (AvgIpc) is 2.98. The number of aromatic nitrogens is 1. The lowest BCUT2D eigenvalue weighted by molar-refractivity contribution is 0.0920. The van der Waals surface area contributed by atoms with Crippen molar-refractivity contribution in [2.24, 2.45) is 5.10 Å². The number of hydrogen-bond donors (Lipinski definition) is 1. The summed E-state index contributed by atoms with van der Waals surface area (Å²) in [5.41, 5.74) is 3.46. The quantitative estimate of drug-likeness (QED) is 0.816. The van der Waals surface area contributed by atoms with Crippen LogP contribution in [0.5, 0.6) is 17.2 Å². The van der Waals surface area contributed by atoms with Crippen LogP contribution in [0.1, 0.15) is 27.8 Å². The second-order valence-electron chi connectivity index (χ2n) is 4.98. The van der Waals surface area contributed by atoms with E-state index in [2.05, 4.69) is 10.5 Å². The highest BCUT2D eigenvalue weighted by Gasteiger charge is 2.17. The maximum Gasteiger partial charge on any atom is 0.271 e. The predicted molar refractivity (Wildman–Crippen MR) is 92.5 cm³/mol. The van der Waals surface area contributed by atoms with Crippen molar-refractivity contribution in [3.8, 4) is 17.2 Å². The first-order valence-corrected chi connectivity index (χ1v) is 8.13. The van der Waals surface area contributed by atoms with E-state index in [0.29, 0.717) is 22.0 Å². The number of methoxy groups -OCH3 is 3. The highest BCUT2D eigenvalue weighted by Crippen LogP contribution is 2.38. The van der Waals surface area contributed by atoms with Gasteiger partial charge in [-0.2, -0.15) is 0 Å². The molecule has 0 aliphatic carbocycles. The van der Waals surface area contributed by atoms with E-state index in [0.717, 1.165) is 5.69 Å². The molecule has 0 aliphatic heterocycles. The molecule has 1 heterocycles. The van der Waals surface area contributed by atoms with E-state index in [4.69, 9.17) is 14.2 Å². The molecule has 0 unspecified atom stereocenters. The van der Waals surface area contributed by atoms with Gasteiger partial charge in [0, 0.05) is 23.6 Å². The van der Waals surface area contributed by atoms with E-state index in [1.165, 1.54) is 56.3 Å². The van der Waals surface area contributed by atoms with Crippen LogP contribution in [0.4, 0.5) is 0 Å². The Bertz CT molecular complexity index is 844. The fourth-order valence-electron chi connectivity index (χ4n) is 2.23. The van der Waals surface area contributed by atoms with Gasteiger partial charge in [-0.25, -0.2) is 5.43 Å². The maximum absolute atomic E-state index is 12.4. The number of hydrogen-bond acceptors (Lipinski definition) is 7. The zero-order valence-corrected chi connectivity index (χ0v) is 15.4. The number of nitrogens with zero attached hydrogens (tertiary/aromatic N) is 2. The van der Waals surface area contributed by atoms with Gasteiger partial charge < -0.3 is 14.2 Å². The minimum atomic E-state index is -0.472. The van der Waals surface area contributed by atoms with Crippen molar-refractivity contribution in [2.45, 2.75) is 13.8 Å². The number of aryl methyl sites for hydroxylation is 1. The molecule has 0 atom stereocenters. The Morgan fingerprint density at radius 1 is 1.12 bits per heavy atom. The van der Waals surface area contributed by atoms with Gasteiger partial charge in [-0.3, -0.25) is 14.2 Å². The van der Waals surface area contributed by atoms with Crippen LogP contribution in [0.15, 0.2) is 22.6 Å². The minimum Gasteiger partial charge on any atom is -0.493 e. The number of rotatable bonds is 5. The molecule has 134 valence electrons. The van der Waals surface area contributed by atoms with Gasteiger partial charge in [0.05, 0.1) is 21.3 Å². The molecule has 0 radical (unpaired) electrons. The summed E-state index contributed by atoms with van der Waals surface area (Å²) < 4.78 is 17.1. The van der Waals surface area contributed by atoms with E-state index in [-0.39, 0.29) is 11.5 Å². The molecule has 1 N–H and O–H groups in total. The Morgan fingerprint density at radius 2 is 1.72 bits per heavy atom. The highest BCUT2D eigenvalue weighted by atomic mass is 32.1. The molecule has 0 saturated heterocycles. The third kappa shape index (κ3) is 3.82. The number of ether oxygens (including phenoxy) is 3. The lowest BCUT2D eigenvalue weighted by atomic mass is 10.1. The number of benzene rings is 1. The Kier molecular flexibility index (Phi) is 5.81. The molecule has 0 bridgehead atoms. The van der Waals surface area contributed by atoms with Crippen LogP contribution in [0.3, 0.4) is 0 Å². The molecule has 0 saturated carbocycles. The lowest BCUT2D eigenvalue weighted by Crippen LogP contribution is -2.27. The van der Waals surface area contributed by atoms with E-state index in [9.17, 15) is 9.59 Å². The van der Waals surface area contributed by atoms with E-state index in [1.54, 1.807) is 12.3 Å². The van der Waals surface area contributed by atoms with E-state index >= 15 is 0 Å². The number of thiazole rings is 1. The average molecular weight is 365 g/mol. The lowest BCUT2D eigenvalue weighted by Gasteiger charge is -2.13. The molecule has 2 rings (SSSR count). The standard InChI is InChI=1S/C16H19N3O5S/c1-9-8-25-16(19(9)10(2)20)18-17-15(21)11-6-12(22-3)14(24-5)13(7-11)23-4/h6-8H,1-5H3,(H,17,21). The van der Waals surface area contributed by atoms with Crippen molar-refractivity contribution >= 4 is 23.2 Å². The van der Waals surface area contributed by atoms with Gasteiger partial charge in [-0.1, -0.05) is 0 Å². The van der Waals surface area contributed by atoms with Gasteiger partial charge in [0.15, 0.2) is 11.5 Å². The van der Waals surface area contributed by atoms with Crippen LogP contribution >= 0.6 is 11.3 Å². The second kappa shape index (κ2) is 7.84. The molecule has 0 fully saturated rings. The van der Waals surface area contributed by atoms with Gasteiger partial charge in [0.1, 0.15) is 0 Å². The van der Waals surface area contributed by atoms with Crippen LogP contribution in [0.2, 0.25) is 0 Å². The molecule has 0 aliphatic rings. The SMILES string of the molecule is COc1cc(C(=O)NN=c2scc(C)n2C(C)=O)cc(OC)c1OC. The number of amides is 1. The van der Waals surface area contributed by atoms with Crippen LogP contribution in [-0.4, -0.2) is 37.7 Å². The summed E-state index contributed by atoms with van der Waals surface area (Å²) in [6.45, 7) is 3.22. The fourth-order valence-corrected chi connectivity index (χ4v) is 3.09. The van der Waals surface area contributed by atoms with Crippen molar-refractivity contribution in [1.29, 1.82) is 0 Å². The molecule has 25 heavy (non-hydrogen) atoms. The summed E-state index contributed by atoms with van der Waals surface area (Å²) in [5.74, 6) is 0.456. The van der Waals surface area contributed by atoms with Gasteiger partial charge >= 0.3 is 0 Å². The van der Waals surface area contributed by atoms with Crippen molar-refractivity contribution < 1.29 is 23.8 Å². The third-order valence-electron chi connectivity index (χ3n) is 3.37. The number of carbonyl (C=O) groups excluding carboxylic acids is 2. The number of nitrogens with one attached hydrogen (secondary N) is 1. The fraction of sp³-hybridized carbons (Fsp3) is 0.312. The summed E-state index contributed by atoms with van der Waals surface area (Å²) in [4.78, 5) is 24.4. The summed E-state index contributed by atoms with van der Waals surface area (Å²) >= 11 is 1.25. The minimum absolute atomic E-state index is 0.181. The predicted octanol–water partition coefficient (Wildman–Crippen LogP) is 1.79. The zero-order chi connectivity index (χ0) is 18.6. The van der Waals surface area contributed by atoms with Crippen LogP contribution in [0, 0.1) is 6.92 Å². The van der Waals surface area contributed by atoms with Crippen LogP contribution < -0.4 is 24.4 Å². The van der Waals surface area contributed by atoms with E-state index in [1.807, 2.05) is 0 Å². The molecule has 1 aromatic heterocycles. The summed E-state index contributed by atoms with van der Waals surface area (Å²) in [7, 11) is 4.41. The molecule has 1 amide bonds. The molecular formula is C16H19N3O5S. The van der Waals surface area contributed by atoms with Crippen LogP contribution in [-0.2, 0) is 0 Å². The first-order valence-electron chi connectivity index (χ1n) is 7.25. The van der Waals surface area contributed by atoms with Gasteiger partial charge in [-0.15, -0.1) is 16.4 Å². The second-order valence-corrected chi connectivity index (χ2v) is 5.82. The monoisotopic (exact) mass is 365 g/mol. The zero-order valence-electron chi connectivity index (χ0n) is 14.6. The molecule has 1 aromatic carbocycles. The van der Waals surface area contributed by atoms with Crippen molar-refractivity contribution in [1.82, 2.24) is 9.99 Å². The molecule has 2 aromatic rings. The normalized spacial score (nSPS) is 11.2. The summed E-state index contributed by atoms with van der Waals surface area (Å²) in [5, 5.41) is 5.81. The third-order valence-corrected chi connectivity index (χ3v) is 4.32. The Hall–Kier alpha value is -2.81. The molecule has 8 nitrogen and oxygen atoms in total. The smallest absolute Gasteiger partial charge is 0.271 e. The number of carbonyl (C=O) groups is 2. The topological polar surface area (TPSA) is 91.2 Å². The van der Waals surface area contributed by atoms with Crippen LogP contribution in [0.25, 0.3) is 0 Å². The van der Waals surface area contributed by atoms with Gasteiger partial charge in [0.25, 0.3) is 5.91 Å². The van der Waals surface area contributed by atoms with Gasteiger partial charge in [0.2, 0.25) is 16.5 Å². The van der Waals surface area contributed by atoms with Crippen molar-refractivity contribution in [3.63, 3.8) is 0 Å². The first kappa shape index (κ1) is 18.5. The molecule has 0 spiro atoms. The Morgan fingerprint density at radius 3 is 2.20 bits per heavy atom. The van der Waals surface area contributed by atoms with E-state index < -0.39 is 5.91 Å². The van der Waals surface area contributed by atoms with Crippen molar-refractivity contribution in [2.75, 3.05) is 21.3 Å². The maximum atomic E-state index is 12.4. The van der Waals surface area contributed by atoms with Crippen molar-refractivity contribution in [3.05, 3.63) is 33.6 Å². The van der Waals surface area contributed by atoms with Gasteiger partial charge in [-0.05, 0) is 19.1 Å². The Balaban J connectivity index is 2.36. The molecule has 9 heteroatoms. The molecular weight excluding hydrogens is 346 g/mol. The first-order chi connectivity index (χ1) is 11.9. The Labute approximate surface area is 148 Å². The summed E-state index contributed by atoms with van der Waals surface area (Å²) in [6.07, 6.45) is 0.